The second kappa shape index (κ2) is 9.82. The van der Waals surface area contributed by atoms with Crippen LogP contribution in [0.4, 0.5) is 0 Å². The van der Waals surface area contributed by atoms with E-state index in [1.165, 1.54) is 5.56 Å². The lowest BCUT2D eigenvalue weighted by atomic mass is 9.98. The van der Waals surface area contributed by atoms with Crippen molar-refractivity contribution in [2.45, 2.75) is 32.6 Å². The van der Waals surface area contributed by atoms with Crippen LogP contribution in [0, 0.1) is 0 Å². The number of nitrogens with one attached hydrogen (secondary N) is 1. The van der Waals surface area contributed by atoms with Gasteiger partial charge in [0, 0.05) is 13.7 Å². The van der Waals surface area contributed by atoms with Crippen LogP contribution in [0.2, 0.25) is 0 Å². The third kappa shape index (κ3) is 6.08. The number of hydrogen-bond donors (Lipinski definition) is 1. The average Bonchev–Trinajstić information content (AvgIpc) is 2.46. The first-order valence-electron chi connectivity index (χ1n) is 7.21. The van der Waals surface area contributed by atoms with E-state index in [-0.39, 0.29) is 0 Å². The van der Waals surface area contributed by atoms with Gasteiger partial charge in [0.2, 0.25) is 0 Å². The van der Waals surface area contributed by atoms with Gasteiger partial charge in [-0.05, 0) is 36.9 Å². The Bertz CT molecular complexity index is 341. The van der Waals surface area contributed by atoms with Gasteiger partial charge in [0.25, 0.3) is 0 Å². The van der Waals surface area contributed by atoms with E-state index in [1.807, 2.05) is 6.07 Å². The van der Waals surface area contributed by atoms with E-state index >= 15 is 0 Å². The maximum absolute atomic E-state index is 5.90. The molecule has 1 atom stereocenters. The van der Waals surface area contributed by atoms with E-state index in [0.29, 0.717) is 5.92 Å². The van der Waals surface area contributed by atoms with Gasteiger partial charge in [-0.1, -0.05) is 32.0 Å². The molecule has 0 radical (unpaired) electrons. The number of para-hydroxylation sites is 1. The van der Waals surface area contributed by atoms with Crippen LogP contribution >= 0.6 is 0 Å². The first kappa shape index (κ1) is 16.0. The SMILES string of the molecule is CCC(C)c1ccccc1OCCCNCCOC. The lowest BCUT2D eigenvalue weighted by molar-refractivity contribution is 0.198. The predicted molar refractivity (Wildman–Crippen MR) is 80.0 cm³/mol. The molecule has 1 unspecified atom stereocenters. The second-order valence-corrected chi connectivity index (χ2v) is 4.79. The van der Waals surface area contributed by atoms with Crippen LogP contribution in [0.3, 0.4) is 0 Å². The Morgan fingerprint density at radius 1 is 1.16 bits per heavy atom. The molecule has 19 heavy (non-hydrogen) atoms. The van der Waals surface area contributed by atoms with Gasteiger partial charge in [-0.25, -0.2) is 0 Å². The van der Waals surface area contributed by atoms with Crippen molar-refractivity contribution in [3.05, 3.63) is 29.8 Å². The van der Waals surface area contributed by atoms with E-state index in [4.69, 9.17) is 9.47 Å². The van der Waals surface area contributed by atoms with Gasteiger partial charge in [-0.2, -0.15) is 0 Å². The van der Waals surface area contributed by atoms with Crippen molar-refractivity contribution in [2.75, 3.05) is 33.4 Å². The van der Waals surface area contributed by atoms with Crippen LogP contribution in [0.1, 0.15) is 38.2 Å². The molecule has 0 bridgehead atoms. The van der Waals surface area contributed by atoms with Crippen molar-refractivity contribution in [3.8, 4) is 5.75 Å². The molecule has 0 spiro atoms. The van der Waals surface area contributed by atoms with Crippen molar-refractivity contribution in [3.63, 3.8) is 0 Å². The fraction of sp³-hybridized carbons (Fsp3) is 0.625. The van der Waals surface area contributed by atoms with Crippen molar-refractivity contribution < 1.29 is 9.47 Å². The van der Waals surface area contributed by atoms with E-state index in [1.54, 1.807) is 7.11 Å². The predicted octanol–water partition coefficient (Wildman–Crippen LogP) is 3.21. The summed E-state index contributed by atoms with van der Waals surface area (Å²) in [6.07, 6.45) is 2.15. The highest BCUT2D eigenvalue weighted by Gasteiger charge is 2.08. The number of methoxy groups -OCH3 is 1. The van der Waals surface area contributed by atoms with Gasteiger partial charge in [-0.15, -0.1) is 0 Å². The zero-order valence-corrected chi connectivity index (χ0v) is 12.4. The molecule has 1 aromatic carbocycles. The summed E-state index contributed by atoms with van der Waals surface area (Å²) in [5.41, 5.74) is 1.32. The van der Waals surface area contributed by atoms with E-state index < -0.39 is 0 Å². The first-order valence-corrected chi connectivity index (χ1v) is 7.21. The molecule has 3 heteroatoms. The Labute approximate surface area is 117 Å². The van der Waals surface area contributed by atoms with Gasteiger partial charge in [0.15, 0.2) is 0 Å². The zero-order valence-electron chi connectivity index (χ0n) is 12.4. The fourth-order valence-corrected chi connectivity index (χ4v) is 1.92. The molecule has 0 aliphatic rings. The smallest absolute Gasteiger partial charge is 0.122 e. The summed E-state index contributed by atoms with van der Waals surface area (Å²) < 4.78 is 10.9. The molecule has 1 aromatic rings. The van der Waals surface area contributed by atoms with Gasteiger partial charge >= 0.3 is 0 Å². The fourth-order valence-electron chi connectivity index (χ4n) is 1.92. The summed E-state index contributed by atoms with van der Waals surface area (Å²) in [6, 6.07) is 8.36. The Morgan fingerprint density at radius 2 is 1.95 bits per heavy atom. The maximum atomic E-state index is 5.90. The molecule has 3 nitrogen and oxygen atoms in total. The maximum Gasteiger partial charge on any atom is 0.122 e. The highest BCUT2D eigenvalue weighted by molar-refractivity contribution is 5.35. The summed E-state index contributed by atoms with van der Waals surface area (Å²) in [5, 5.41) is 3.32. The summed E-state index contributed by atoms with van der Waals surface area (Å²) in [5.74, 6) is 1.59. The van der Waals surface area contributed by atoms with Gasteiger partial charge in [0.1, 0.15) is 5.75 Å². The number of hydrogen-bond acceptors (Lipinski definition) is 3. The van der Waals surface area contributed by atoms with Crippen molar-refractivity contribution in [1.82, 2.24) is 5.32 Å². The molecule has 0 fully saturated rings. The molecule has 0 heterocycles. The first-order chi connectivity index (χ1) is 9.29. The average molecular weight is 265 g/mol. The summed E-state index contributed by atoms with van der Waals surface area (Å²) in [6.45, 7) is 7.84. The van der Waals surface area contributed by atoms with Crippen LogP contribution in [0.5, 0.6) is 5.75 Å². The Kier molecular flexibility index (Phi) is 8.26. The molecule has 0 aliphatic carbocycles. The van der Waals surface area contributed by atoms with Crippen molar-refractivity contribution in [2.24, 2.45) is 0 Å². The molecule has 0 amide bonds. The topological polar surface area (TPSA) is 30.5 Å². The van der Waals surface area contributed by atoms with Gasteiger partial charge in [0.05, 0.1) is 13.2 Å². The monoisotopic (exact) mass is 265 g/mol. The summed E-state index contributed by atoms with van der Waals surface area (Å²) >= 11 is 0. The number of ether oxygens (including phenoxy) is 2. The molecule has 0 aliphatic heterocycles. The molecule has 1 N–H and O–H groups in total. The molecule has 0 saturated carbocycles. The molecule has 108 valence electrons. The lowest BCUT2D eigenvalue weighted by Gasteiger charge is -2.15. The van der Waals surface area contributed by atoms with Crippen LogP contribution in [0.25, 0.3) is 0 Å². The molecule has 0 saturated heterocycles. The minimum Gasteiger partial charge on any atom is -0.493 e. The molecule has 0 aromatic heterocycles. The zero-order chi connectivity index (χ0) is 13.9. The third-order valence-corrected chi connectivity index (χ3v) is 3.30. The minimum absolute atomic E-state index is 0.552. The molecule has 1 rings (SSSR count). The third-order valence-electron chi connectivity index (χ3n) is 3.30. The van der Waals surface area contributed by atoms with Gasteiger partial charge < -0.3 is 14.8 Å². The Hall–Kier alpha value is -1.06. The van der Waals surface area contributed by atoms with Crippen molar-refractivity contribution in [1.29, 1.82) is 0 Å². The lowest BCUT2D eigenvalue weighted by Crippen LogP contribution is -2.21. The quantitative estimate of drug-likeness (QED) is 0.659. The Balaban J connectivity index is 2.29. The van der Waals surface area contributed by atoms with E-state index in [0.717, 1.165) is 44.9 Å². The summed E-state index contributed by atoms with van der Waals surface area (Å²) in [4.78, 5) is 0. The van der Waals surface area contributed by atoms with Crippen LogP contribution < -0.4 is 10.1 Å². The van der Waals surface area contributed by atoms with Gasteiger partial charge in [-0.3, -0.25) is 0 Å². The largest absolute Gasteiger partial charge is 0.493 e. The molecular weight excluding hydrogens is 238 g/mol. The van der Waals surface area contributed by atoms with E-state index in [2.05, 4.69) is 37.4 Å². The minimum atomic E-state index is 0.552. The van der Waals surface area contributed by atoms with Crippen LogP contribution in [-0.2, 0) is 4.74 Å². The Morgan fingerprint density at radius 3 is 2.68 bits per heavy atom. The van der Waals surface area contributed by atoms with Crippen LogP contribution in [-0.4, -0.2) is 33.4 Å². The van der Waals surface area contributed by atoms with E-state index in [9.17, 15) is 0 Å². The normalized spacial score (nSPS) is 12.4. The number of rotatable bonds is 10. The highest BCUT2D eigenvalue weighted by Crippen LogP contribution is 2.28. The molecular formula is C16H27NO2. The highest BCUT2D eigenvalue weighted by atomic mass is 16.5. The van der Waals surface area contributed by atoms with Crippen molar-refractivity contribution >= 4 is 0 Å². The second-order valence-electron chi connectivity index (χ2n) is 4.79. The standard InChI is InChI=1S/C16H27NO2/c1-4-14(2)15-8-5-6-9-16(15)19-12-7-10-17-11-13-18-3/h5-6,8-9,14,17H,4,7,10-13H2,1-3H3. The van der Waals surface area contributed by atoms with Crippen LogP contribution in [0.15, 0.2) is 24.3 Å². The number of benzene rings is 1. The summed E-state index contributed by atoms with van der Waals surface area (Å²) in [7, 11) is 1.72.